The summed E-state index contributed by atoms with van der Waals surface area (Å²) >= 11 is 6.53. The average molecular weight is 455 g/mol. The molecule has 2 aromatic carbocycles. The molecule has 3 aromatic rings. The first-order chi connectivity index (χ1) is 15.4. The molecule has 1 aromatic heterocycles. The summed E-state index contributed by atoms with van der Waals surface area (Å²) in [5.74, 6) is -0.928. The summed E-state index contributed by atoms with van der Waals surface area (Å²) in [6.45, 7) is 2.96. The molecule has 32 heavy (non-hydrogen) atoms. The molecule has 8 heteroatoms. The fourth-order valence-electron chi connectivity index (χ4n) is 3.96. The molecule has 1 atom stereocenters. The van der Waals surface area contributed by atoms with Crippen molar-refractivity contribution in [1.29, 1.82) is 0 Å². The zero-order chi connectivity index (χ0) is 22.7. The fourth-order valence-corrected chi connectivity index (χ4v) is 4.28. The lowest BCUT2D eigenvalue weighted by Crippen LogP contribution is -2.44. The van der Waals surface area contributed by atoms with Gasteiger partial charge in [0.05, 0.1) is 23.7 Å². The highest BCUT2D eigenvalue weighted by Crippen LogP contribution is 2.26. The lowest BCUT2D eigenvalue weighted by atomic mass is 9.96. The van der Waals surface area contributed by atoms with Crippen LogP contribution < -0.4 is 5.32 Å². The molecule has 1 fully saturated rings. The van der Waals surface area contributed by atoms with E-state index in [1.807, 2.05) is 30.3 Å². The Kier molecular flexibility index (Phi) is 6.55. The van der Waals surface area contributed by atoms with Gasteiger partial charge in [-0.3, -0.25) is 9.59 Å². The molecule has 2 amide bonds. The van der Waals surface area contributed by atoms with Gasteiger partial charge in [-0.15, -0.1) is 0 Å². The Balaban J connectivity index is 1.47. The van der Waals surface area contributed by atoms with Crippen LogP contribution in [-0.2, 0) is 11.3 Å². The van der Waals surface area contributed by atoms with Crippen LogP contribution in [0.15, 0.2) is 54.6 Å². The van der Waals surface area contributed by atoms with Gasteiger partial charge in [0.25, 0.3) is 5.91 Å². The Morgan fingerprint density at radius 1 is 1.16 bits per heavy atom. The number of hydrogen-bond donors (Lipinski definition) is 1. The molecule has 1 aliphatic rings. The lowest BCUT2D eigenvalue weighted by molar-refractivity contribution is -0.121. The quantitative estimate of drug-likeness (QED) is 0.616. The van der Waals surface area contributed by atoms with Gasteiger partial charge >= 0.3 is 0 Å². The number of benzene rings is 2. The van der Waals surface area contributed by atoms with E-state index in [1.165, 1.54) is 12.1 Å². The summed E-state index contributed by atoms with van der Waals surface area (Å²) in [4.78, 5) is 27.7. The van der Waals surface area contributed by atoms with Gasteiger partial charge in [-0.25, -0.2) is 9.07 Å². The first kappa shape index (κ1) is 22.0. The lowest BCUT2D eigenvalue weighted by Gasteiger charge is -2.32. The van der Waals surface area contributed by atoms with E-state index in [4.69, 9.17) is 11.6 Å². The molecule has 2 heterocycles. The Morgan fingerprint density at radius 3 is 2.59 bits per heavy atom. The molecule has 1 aliphatic heterocycles. The maximum Gasteiger partial charge on any atom is 0.258 e. The summed E-state index contributed by atoms with van der Waals surface area (Å²) in [5.41, 5.74) is 2.43. The van der Waals surface area contributed by atoms with Gasteiger partial charge in [0.1, 0.15) is 11.0 Å². The predicted molar refractivity (Wildman–Crippen MR) is 121 cm³/mol. The number of carbonyl (C=O) groups is 2. The first-order valence-corrected chi connectivity index (χ1v) is 10.9. The summed E-state index contributed by atoms with van der Waals surface area (Å²) in [6.07, 6.45) is 1.46. The second-order valence-electron chi connectivity index (χ2n) is 7.98. The molecule has 0 radical (unpaired) electrons. The molecule has 166 valence electrons. The number of aromatic nitrogens is 2. The number of carbonyl (C=O) groups excluding carboxylic acids is 2. The summed E-state index contributed by atoms with van der Waals surface area (Å²) in [7, 11) is 0. The normalized spacial score (nSPS) is 16.1. The maximum absolute atomic E-state index is 13.3. The molecular formula is C24H24ClFN4O2. The highest BCUT2D eigenvalue weighted by molar-refractivity contribution is 6.33. The van der Waals surface area contributed by atoms with Crippen molar-refractivity contribution in [1.82, 2.24) is 14.7 Å². The zero-order valence-electron chi connectivity index (χ0n) is 17.7. The van der Waals surface area contributed by atoms with Crippen molar-refractivity contribution >= 4 is 29.1 Å². The standard InChI is InChI=1S/C24H24ClFN4O2/c1-16-21(22(25)30(28-16)14-17-9-11-19(26)12-10-17)24(32)29-13-5-6-18(15-29)23(31)27-20-7-3-2-4-8-20/h2-4,7-12,18H,5-6,13-15H2,1H3,(H,27,31). The summed E-state index contributed by atoms with van der Waals surface area (Å²) < 4.78 is 14.7. The van der Waals surface area contributed by atoms with E-state index in [0.717, 1.165) is 24.1 Å². The van der Waals surface area contributed by atoms with Crippen LogP contribution in [0.1, 0.15) is 34.5 Å². The third kappa shape index (κ3) is 4.83. The van der Waals surface area contributed by atoms with Gasteiger partial charge in [0.15, 0.2) is 0 Å². The van der Waals surface area contributed by atoms with Crippen LogP contribution in [0, 0.1) is 18.7 Å². The molecule has 6 nitrogen and oxygen atoms in total. The average Bonchev–Trinajstić information content (AvgIpc) is 3.08. The second kappa shape index (κ2) is 9.53. The largest absolute Gasteiger partial charge is 0.338 e. The summed E-state index contributed by atoms with van der Waals surface area (Å²) in [6, 6.07) is 15.3. The number of aryl methyl sites for hydroxylation is 1. The number of nitrogens with zero attached hydrogens (tertiary/aromatic N) is 3. The second-order valence-corrected chi connectivity index (χ2v) is 8.34. The molecular weight excluding hydrogens is 431 g/mol. The minimum Gasteiger partial charge on any atom is -0.338 e. The van der Waals surface area contributed by atoms with Crippen molar-refractivity contribution in [2.75, 3.05) is 18.4 Å². The number of nitrogens with one attached hydrogen (secondary N) is 1. The number of para-hydroxylation sites is 1. The number of halogens is 2. The zero-order valence-corrected chi connectivity index (χ0v) is 18.5. The van der Waals surface area contributed by atoms with Crippen LogP contribution in [0.2, 0.25) is 5.15 Å². The number of hydrogen-bond acceptors (Lipinski definition) is 3. The number of piperidine rings is 1. The van der Waals surface area contributed by atoms with Crippen molar-refractivity contribution in [2.45, 2.75) is 26.3 Å². The maximum atomic E-state index is 13.3. The van der Waals surface area contributed by atoms with Crippen molar-refractivity contribution < 1.29 is 14.0 Å². The van der Waals surface area contributed by atoms with E-state index >= 15 is 0 Å². The van der Waals surface area contributed by atoms with Crippen LogP contribution in [-0.4, -0.2) is 39.6 Å². The van der Waals surface area contributed by atoms with Crippen LogP contribution in [0.5, 0.6) is 0 Å². The van der Waals surface area contributed by atoms with Gasteiger partial charge in [-0.2, -0.15) is 5.10 Å². The van der Waals surface area contributed by atoms with Crippen molar-refractivity contribution in [3.05, 3.63) is 82.4 Å². The smallest absolute Gasteiger partial charge is 0.258 e. The molecule has 0 spiro atoms. The van der Waals surface area contributed by atoms with Gasteiger partial charge in [-0.1, -0.05) is 41.9 Å². The Bertz CT molecular complexity index is 1120. The van der Waals surface area contributed by atoms with Gasteiger partial charge < -0.3 is 10.2 Å². The molecule has 1 unspecified atom stereocenters. The highest BCUT2D eigenvalue weighted by atomic mass is 35.5. The molecule has 1 saturated heterocycles. The molecule has 0 aliphatic carbocycles. The number of anilines is 1. The van der Waals surface area contributed by atoms with Gasteiger partial charge in [0.2, 0.25) is 5.91 Å². The number of likely N-dealkylation sites (tertiary alicyclic amines) is 1. The van der Waals surface area contributed by atoms with Crippen LogP contribution in [0.4, 0.5) is 10.1 Å². The van der Waals surface area contributed by atoms with Crippen LogP contribution >= 0.6 is 11.6 Å². The van der Waals surface area contributed by atoms with Gasteiger partial charge in [0, 0.05) is 18.8 Å². The first-order valence-electron chi connectivity index (χ1n) is 10.5. The molecule has 4 rings (SSSR count). The Labute approximate surface area is 191 Å². The fraction of sp³-hybridized carbons (Fsp3) is 0.292. The predicted octanol–water partition coefficient (Wildman–Crippen LogP) is 4.52. The SMILES string of the molecule is Cc1nn(Cc2ccc(F)cc2)c(Cl)c1C(=O)N1CCCC(C(=O)Nc2ccccc2)C1. The molecule has 1 N–H and O–H groups in total. The topological polar surface area (TPSA) is 67.2 Å². The summed E-state index contributed by atoms with van der Waals surface area (Å²) in [5, 5.41) is 7.58. The number of rotatable bonds is 5. The Morgan fingerprint density at radius 2 is 1.88 bits per heavy atom. The van der Waals surface area contributed by atoms with Crippen molar-refractivity contribution in [3.63, 3.8) is 0 Å². The van der Waals surface area contributed by atoms with E-state index in [1.54, 1.807) is 28.6 Å². The minimum absolute atomic E-state index is 0.0940. The van der Waals surface area contributed by atoms with Crippen LogP contribution in [0.25, 0.3) is 0 Å². The monoisotopic (exact) mass is 454 g/mol. The van der Waals surface area contributed by atoms with E-state index in [-0.39, 0.29) is 28.7 Å². The molecule has 0 bridgehead atoms. The van der Waals surface area contributed by atoms with E-state index in [2.05, 4.69) is 10.4 Å². The third-order valence-electron chi connectivity index (χ3n) is 5.65. The van der Waals surface area contributed by atoms with E-state index < -0.39 is 0 Å². The Hall–Kier alpha value is -3.19. The van der Waals surface area contributed by atoms with E-state index in [9.17, 15) is 14.0 Å². The van der Waals surface area contributed by atoms with Crippen molar-refractivity contribution in [2.24, 2.45) is 5.92 Å². The van der Waals surface area contributed by atoms with Crippen molar-refractivity contribution in [3.8, 4) is 0 Å². The minimum atomic E-state index is -0.316. The van der Waals surface area contributed by atoms with Gasteiger partial charge in [-0.05, 0) is 49.6 Å². The number of amides is 2. The third-order valence-corrected chi connectivity index (χ3v) is 6.03. The van der Waals surface area contributed by atoms with E-state index in [0.29, 0.717) is 30.9 Å². The molecule has 0 saturated carbocycles. The highest BCUT2D eigenvalue weighted by Gasteiger charge is 2.32. The van der Waals surface area contributed by atoms with Crippen LogP contribution in [0.3, 0.4) is 0 Å².